The highest BCUT2D eigenvalue weighted by Crippen LogP contribution is 2.27. The SMILES string of the molecule is CC(C)(C)N1CC(C(=O)N2CCC(NC(=O)COc3ccccc3)CC2)CC1=O. The van der Waals surface area contributed by atoms with Gasteiger partial charge in [0.15, 0.2) is 6.61 Å². The molecule has 0 bridgehead atoms. The first kappa shape index (κ1) is 21.1. The summed E-state index contributed by atoms with van der Waals surface area (Å²) in [5.41, 5.74) is -0.259. The minimum absolute atomic E-state index is 0.0179. The average molecular weight is 402 g/mol. The summed E-state index contributed by atoms with van der Waals surface area (Å²) < 4.78 is 5.47. The van der Waals surface area contributed by atoms with Gasteiger partial charge >= 0.3 is 0 Å². The zero-order chi connectivity index (χ0) is 21.0. The van der Waals surface area contributed by atoms with Crippen LogP contribution in [0.1, 0.15) is 40.0 Å². The molecule has 2 heterocycles. The zero-order valence-electron chi connectivity index (χ0n) is 17.5. The summed E-state index contributed by atoms with van der Waals surface area (Å²) in [5.74, 6) is 0.366. The molecule has 1 N–H and O–H groups in total. The first-order chi connectivity index (χ1) is 13.7. The Morgan fingerprint density at radius 3 is 2.38 bits per heavy atom. The van der Waals surface area contributed by atoms with Gasteiger partial charge in [0, 0.05) is 37.6 Å². The van der Waals surface area contributed by atoms with Gasteiger partial charge in [-0.3, -0.25) is 14.4 Å². The van der Waals surface area contributed by atoms with E-state index in [9.17, 15) is 14.4 Å². The number of nitrogens with zero attached hydrogens (tertiary/aromatic N) is 2. The van der Waals surface area contributed by atoms with Crippen molar-refractivity contribution in [3.63, 3.8) is 0 Å². The summed E-state index contributed by atoms with van der Waals surface area (Å²) in [6.45, 7) is 7.66. The van der Waals surface area contributed by atoms with Crippen LogP contribution in [0.2, 0.25) is 0 Å². The fourth-order valence-electron chi connectivity index (χ4n) is 3.96. The second-order valence-electron chi connectivity index (χ2n) is 8.85. The molecule has 0 spiro atoms. The molecule has 0 radical (unpaired) electrons. The van der Waals surface area contributed by atoms with Gasteiger partial charge in [0.1, 0.15) is 5.75 Å². The Labute approximate surface area is 172 Å². The van der Waals surface area contributed by atoms with E-state index in [1.54, 1.807) is 4.90 Å². The maximum atomic E-state index is 12.8. The summed E-state index contributed by atoms with van der Waals surface area (Å²) in [6, 6.07) is 9.28. The van der Waals surface area contributed by atoms with E-state index in [0.717, 1.165) is 0 Å². The molecule has 7 heteroatoms. The third-order valence-electron chi connectivity index (χ3n) is 5.57. The predicted octanol–water partition coefficient (Wildman–Crippen LogP) is 1.82. The van der Waals surface area contributed by atoms with Crippen molar-refractivity contribution in [1.82, 2.24) is 15.1 Å². The molecular formula is C22H31N3O4. The highest BCUT2D eigenvalue weighted by atomic mass is 16.5. The fourth-order valence-corrected chi connectivity index (χ4v) is 3.96. The molecular weight excluding hydrogens is 370 g/mol. The lowest BCUT2D eigenvalue weighted by Gasteiger charge is -2.35. The second kappa shape index (κ2) is 8.84. The normalized spacial score (nSPS) is 20.7. The molecule has 1 aromatic rings. The summed E-state index contributed by atoms with van der Waals surface area (Å²) in [4.78, 5) is 40.9. The number of ether oxygens (including phenoxy) is 1. The average Bonchev–Trinajstić information content (AvgIpc) is 3.09. The van der Waals surface area contributed by atoms with Crippen molar-refractivity contribution in [2.75, 3.05) is 26.2 Å². The number of para-hydroxylation sites is 1. The maximum absolute atomic E-state index is 12.8. The van der Waals surface area contributed by atoms with Crippen LogP contribution < -0.4 is 10.1 Å². The zero-order valence-corrected chi connectivity index (χ0v) is 17.5. The van der Waals surface area contributed by atoms with Gasteiger partial charge in [-0.1, -0.05) is 18.2 Å². The van der Waals surface area contributed by atoms with Crippen molar-refractivity contribution in [3.8, 4) is 5.75 Å². The Morgan fingerprint density at radius 2 is 1.79 bits per heavy atom. The molecule has 2 aliphatic rings. The molecule has 0 aliphatic carbocycles. The minimum atomic E-state index is -0.259. The lowest BCUT2D eigenvalue weighted by Crippen LogP contribution is -2.49. The van der Waals surface area contributed by atoms with Gasteiger partial charge in [-0.25, -0.2) is 0 Å². The summed E-state index contributed by atoms with van der Waals surface area (Å²) in [6.07, 6.45) is 1.72. The monoisotopic (exact) mass is 401 g/mol. The molecule has 3 rings (SSSR count). The van der Waals surface area contributed by atoms with Crippen molar-refractivity contribution in [1.29, 1.82) is 0 Å². The van der Waals surface area contributed by atoms with Crippen LogP contribution >= 0.6 is 0 Å². The number of hydrogen-bond donors (Lipinski definition) is 1. The number of likely N-dealkylation sites (tertiary alicyclic amines) is 2. The summed E-state index contributed by atoms with van der Waals surface area (Å²) in [7, 11) is 0. The van der Waals surface area contributed by atoms with E-state index in [-0.39, 0.29) is 41.8 Å². The van der Waals surface area contributed by atoms with Gasteiger partial charge in [-0.05, 0) is 45.7 Å². The van der Waals surface area contributed by atoms with E-state index >= 15 is 0 Å². The lowest BCUT2D eigenvalue weighted by atomic mass is 10.0. The molecule has 29 heavy (non-hydrogen) atoms. The standard InChI is InChI=1S/C22H31N3O4/c1-22(2,3)25-14-16(13-20(25)27)21(28)24-11-9-17(10-12-24)23-19(26)15-29-18-7-5-4-6-8-18/h4-8,16-17H,9-15H2,1-3H3,(H,23,26). The van der Waals surface area contributed by atoms with Crippen LogP contribution in [-0.2, 0) is 14.4 Å². The van der Waals surface area contributed by atoms with E-state index in [0.29, 0.717) is 44.6 Å². The molecule has 1 atom stereocenters. The number of carbonyl (C=O) groups is 3. The van der Waals surface area contributed by atoms with E-state index < -0.39 is 0 Å². The Hall–Kier alpha value is -2.57. The van der Waals surface area contributed by atoms with Crippen molar-refractivity contribution >= 4 is 17.7 Å². The molecule has 2 fully saturated rings. The highest BCUT2D eigenvalue weighted by Gasteiger charge is 2.41. The highest BCUT2D eigenvalue weighted by molar-refractivity contribution is 5.89. The molecule has 2 aliphatic heterocycles. The smallest absolute Gasteiger partial charge is 0.258 e. The number of benzene rings is 1. The fraction of sp³-hybridized carbons (Fsp3) is 0.591. The second-order valence-corrected chi connectivity index (χ2v) is 8.85. The third kappa shape index (κ3) is 5.49. The Bertz CT molecular complexity index is 736. The summed E-state index contributed by atoms with van der Waals surface area (Å²) in [5, 5.41) is 2.99. The van der Waals surface area contributed by atoms with Crippen molar-refractivity contribution in [2.24, 2.45) is 5.92 Å². The van der Waals surface area contributed by atoms with Crippen molar-refractivity contribution in [3.05, 3.63) is 30.3 Å². The maximum Gasteiger partial charge on any atom is 0.258 e. The molecule has 158 valence electrons. The van der Waals surface area contributed by atoms with Crippen molar-refractivity contribution in [2.45, 2.75) is 51.6 Å². The lowest BCUT2D eigenvalue weighted by molar-refractivity contribution is -0.137. The van der Waals surface area contributed by atoms with Gasteiger partial charge in [0.05, 0.1) is 5.92 Å². The van der Waals surface area contributed by atoms with Crippen LogP contribution in [0.4, 0.5) is 0 Å². The minimum Gasteiger partial charge on any atom is -0.484 e. The van der Waals surface area contributed by atoms with Gasteiger partial charge in [-0.2, -0.15) is 0 Å². The van der Waals surface area contributed by atoms with Gasteiger partial charge in [0.25, 0.3) is 5.91 Å². The Balaban J connectivity index is 1.41. The first-order valence-electron chi connectivity index (χ1n) is 10.3. The number of piperidine rings is 1. The van der Waals surface area contributed by atoms with Crippen LogP contribution in [0.3, 0.4) is 0 Å². The molecule has 3 amide bonds. The number of amides is 3. The van der Waals surface area contributed by atoms with E-state index in [2.05, 4.69) is 5.32 Å². The van der Waals surface area contributed by atoms with Crippen LogP contribution in [0.25, 0.3) is 0 Å². The molecule has 0 saturated carbocycles. The van der Waals surface area contributed by atoms with Crippen LogP contribution in [0.5, 0.6) is 5.75 Å². The van der Waals surface area contributed by atoms with Crippen LogP contribution in [0, 0.1) is 5.92 Å². The molecule has 7 nitrogen and oxygen atoms in total. The summed E-state index contributed by atoms with van der Waals surface area (Å²) >= 11 is 0. The van der Waals surface area contributed by atoms with E-state index in [4.69, 9.17) is 4.74 Å². The molecule has 1 aromatic carbocycles. The quantitative estimate of drug-likeness (QED) is 0.816. The molecule has 0 aromatic heterocycles. The van der Waals surface area contributed by atoms with Gasteiger partial charge in [-0.15, -0.1) is 0 Å². The van der Waals surface area contributed by atoms with Crippen LogP contribution in [0.15, 0.2) is 30.3 Å². The van der Waals surface area contributed by atoms with E-state index in [1.165, 1.54) is 0 Å². The number of carbonyl (C=O) groups excluding carboxylic acids is 3. The van der Waals surface area contributed by atoms with Gasteiger partial charge < -0.3 is 19.9 Å². The Kier molecular flexibility index (Phi) is 6.45. The van der Waals surface area contributed by atoms with Crippen molar-refractivity contribution < 1.29 is 19.1 Å². The number of hydrogen-bond acceptors (Lipinski definition) is 4. The topological polar surface area (TPSA) is 79.0 Å². The predicted molar refractivity (Wildman–Crippen MR) is 109 cm³/mol. The van der Waals surface area contributed by atoms with E-state index in [1.807, 2.05) is 56.0 Å². The largest absolute Gasteiger partial charge is 0.484 e. The molecule has 2 saturated heterocycles. The van der Waals surface area contributed by atoms with Gasteiger partial charge in [0.2, 0.25) is 11.8 Å². The number of nitrogens with one attached hydrogen (secondary N) is 1. The number of rotatable bonds is 5. The third-order valence-corrected chi connectivity index (χ3v) is 5.57. The molecule has 1 unspecified atom stereocenters. The first-order valence-corrected chi connectivity index (χ1v) is 10.3. The van der Waals surface area contributed by atoms with Crippen LogP contribution in [-0.4, -0.2) is 65.3 Å². The Morgan fingerprint density at radius 1 is 1.14 bits per heavy atom.